The van der Waals surface area contributed by atoms with Crippen LogP contribution in [-0.4, -0.2) is 35.4 Å². The molecule has 0 radical (unpaired) electrons. The van der Waals surface area contributed by atoms with Crippen molar-refractivity contribution >= 4 is 17.5 Å². The minimum atomic E-state index is -0.525. The number of nitro groups is 1. The quantitative estimate of drug-likeness (QED) is 0.334. The van der Waals surface area contributed by atoms with Gasteiger partial charge in [0.2, 0.25) is 5.95 Å². The predicted octanol–water partition coefficient (Wildman–Crippen LogP) is 3.03. The molecule has 32 heavy (non-hydrogen) atoms. The van der Waals surface area contributed by atoms with E-state index in [1.54, 1.807) is 23.1 Å². The first kappa shape index (κ1) is 20.7. The van der Waals surface area contributed by atoms with E-state index in [4.69, 9.17) is 4.74 Å². The van der Waals surface area contributed by atoms with Crippen LogP contribution in [0, 0.1) is 17.0 Å². The molecule has 0 bridgehead atoms. The molecule has 0 aliphatic rings. The molecule has 11 heteroatoms. The molecule has 4 aromatic rings. The molecule has 11 nitrogen and oxygen atoms in total. The Morgan fingerprint density at radius 3 is 2.69 bits per heavy atom. The summed E-state index contributed by atoms with van der Waals surface area (Å²) in [6, 6.07) is 15.5. The summed E-state index contributed by atoms with van der Waals surface area (Å²) in [5, 5.41) is 22.1. The Morgan fingerprint density at radius 2 is 1.88 bits per heavy atom. The Morgan fingerprint density at radius 1 is 1.09 bits per heavy atom. The van der Waals surface area contributed by atoms with Gasteiger partial charge in [-0.3, -0.25) is 20.2 Å². The Labute approximate surface area is 182 Å². The predicted molar refractivity (Wildman–Crippen MR) is 114 cm³/mol. The van der Waals surface area contributed by atoms with Gasteiger partial charge in [-0.2, -0.15) is 5.10 Å². The van der Waals surface area contributed by atoms with E-state index in [1.807, 2.05) is 31.2 Å². The Hall–Kier alpha value is -4.54. The lowest BCUT2D eigenvalue weighted by atomic mass is 10.1. The molecule has 0 fully saturated rings. The van der Waals surface area contributed by atoms with Gasteiger partial charge < -0.3 is 4.74 Å². The fourth-order valence-corrected chi connectivity index (χ4v) is 2.98. The molecule has 1 N–H and O–H groups in total. The van der Waals surface area contributed by atoms with Gasteiger partial charge in [0.1, 0.15) is 6.33 Å². The van der Waals surface area contributed by atoms with E-state index in [9.17, 15) is 14.9 Å². The highest BCUT2D eigenvalue weighted by Crippen LogP contribution is 2.26. The number of carbonyl (C=O) groups is 1. The van der Waals surface area contributed by atoms with Gasteiger partial charge in [0.15, 0.2) is 18.2 Å². The molecular weight excluding hydrogens is 414 g/mol. The van der Waals surface area contributed by atoms with Crippen LogP contribution in [0.1, 0.15) is 21.6 Å². The van der Waals surface area contributed by atoms with Crippen molar-refractivity contribution in [3.05, 3.63) is 94.1 Å². The number of aryl methyl sites for hydroxylation is 1. The van der Waals surface area contributed by atoms with E-state index in [0.717, 1.165) is 11.1 Å². The number of ether oxygens (including phenoxy) is 1. The van der Waals surface area contributed by atoms with Gasteiger partial charge in [-0.15, -0.1) is 5.10 Å². The minimum Gasteiger partial charge on any atom is -0.464 e. The molecule has 0 atom stereocenters. The number of amides is 1. The standard InChI is InChI=1S/C21H19N7O4/c1-15-6-2-3-7-16(15)12-27-13-22-21(25-27)23-20(29)17-10-11-26(24-17)14-32-19-9-5-4-8-18(19)28(30)31/h2-11,13H,12,14H2,1H3,(H,23,25,29). The number of para-hydroxylation sites is 2. The van der Waals surface area contributed by atoms with Crippen LogP contribution in [-0.2, 0) is 13.3 Å². The second kappa shape index (κ2) is 9.08. The van der Waals surface area contributed by atoms with Crippen molar-refractivity contribution in [2.45, 2.75) is 20.2 Å². The highest BCUT2D eigenvalue weighted by molar-refractivity contribution is 6.01. The number of carbonyl (C=O) groups excluding carboxylic acids is 1. The first-order valence-electron chi connectivity index (χ1n) is 9.64. The van der Waals surface area contributed by atoms with Crippen LogP contribution >= 0.6 is 0 Å². The number of anilines is 1. The van der Waals surface area contributed by atoms with Gasteiger partial charge in [-0.25, -0.2) is 14.3 Å². The van der Waals surface area contributed by atoms with E-state index in [2.05, 4.69) is 20.5 Å². The van der Waals surface area contributed by atoms with Crippen LogP contribution in [0.5, 0.6) is 5.75 Å². The summed E-state index contributed by atoms with van der Waals surface area (Å²) >= 11 is 0. The molecule has 4 rings (SSSR count). The van der Waals surface area contributed by atoms with Gasteiger partial charge in [-0.05, 0) is 30.2 Å². The van der Waals surface area contributed by atoms with Crippen LogP contribution in [0.3, 0.4) is 0 Å². The topological polar surface area (TPSA) is 130 Å². The van der Waals surface area contributed by atoms with Gasteiger partial charge in [-0.1, -0.05) is 36.4 Å². The first-order chi connectivity index (χ1) is 15.5. The molecule has 2 aromatic heterocycles. The molecule has 0 saturated carbocycles. The monoisotopic (exact) mass is 433 g/mol. The molecule has 0 aliphatic heterocycles. The van der Waals surface area contributed by atoms with E-state index in [-0.39, 0.29) is 29.8 Å². The fraction of sp³-hybridized carbons (Fsp3) is 0.143. The van der Waals surface area contributed by atoms with E-state index in [0.29, 0.717) is 6.54 Å². The van der Waals surface area contributed by atoms with Crippen molar-refractivity contribution in [2.24, 2.45) is 0 Å². The summed E-state index contributed by atoms with van der Waals surface area (Å²) in [5.41, 5.74) is 2.23. The summed E-state index contributed by atoms with van der Waals surface area (Å²) in [6.07, 6.45) is 3.08. The third kappa shape index (κ3) is 4.78. The average Bonchev–Trinajstić information content (AvgIpc) is 3.44. The van der Waals surface area contributed by atoms with Crippen molar-refractivity contribution < 1.29 is 14.5 Å². The number of rotatable bonds is 8. The van der Waals surface area contributed by atoms with Crippen LogP contribution < -0.4 is 10.1 Å². The normalized spacial score (nSPS) is 10.7. The number of hydrogen-bond donors (Lipinski definition) is 1. The van der Waals surface area contributed by atoms with E-state index >= 15 is 0 Å². The summed E-state index contributed by atoms with van der Waals surface area (Å²) in [5.74, 6) is -0.209. The minimum absolute atomic E-state index is 0.0958. The number of nitrogens with zero attached hydrogens (tertiary/aromatic N) is 6. The number of aromatic nitrogens is 5. The molecular formula is C21H19N7O4. The van der Waals surface area contributed by atoms with Gasteiger partial charge in [0.25, 0.3) is 5.91 Å². The second-order valence-corrected chi connectivity index (χ2v) is 6.89. The van der Waals surface area contributed by atoms with E-state index < -0.39 is 10.8 Å². The summed E-state index contributed by atoms with van der Waals surface area (Å²) < 4.78 is 8.46. The number of nitrogens with one attached hydrogen (secondary N) is 1. The number of benzene rings is 2. The molecule has 1 amide bonds. The van der Waals surface area contributed by atoms with Crippen molar-refractivity contribution in [2.75, 3.05) is 5.32 Å². The SMILES string of the molecule is Cc1ccccc1Cn1cnc(NC(=O)c2ccn(COc3ccccc3[N+](=O)[O-])n2)n1. The Bertz CT molecular complexity index is 1260. The van der Waals surface area contributed by atoms with Crippen molar-refractivity contribution in [1.82, 2.24) is 24.5 Å². The maximum atomic E-state index is 12.5. The highest BCUT2D eigenvalue weighted by Gasteiger charge is 2.15. The number of nitro benzene ring substituents is 1. The zero-order valence-electron chi connectivity index (χ0n) is 17.1. The van der Waals surface area contributed by atoms with E-state index in [1.165, 1.54) is 29.1 Å². The van der Waals surface area contributed by atoms with Crippen molar-refractivity contribution in [3.63, 3.8) is 0 Å². The molecule has 2 aromatic carbocycles. The Balaban J connectivity index is 1.36. The lowest BCUT2D eigenvalue weighted by Crippen LogP contribution is -2.15. The third-order valence-corrected chi connectivity index (χ3v) is 4.64. The first-order valence-corrected chi connectivity index (χ1v) is 9.64. The van der Waals surface area contributed by atoms with Gasteiger partial charge in [0.05, 0.1) is 11.5 Å². The van der Waals surface area contributed by atoms with Crippen molar-refractivity contribution in [1.29, 1.82) is 0 Å². The van der Waals surface area contributed by atoms with Gasteiger partial charge in [0, 0.05) is 12.3 Å². The maximum absolute atomic E-state index is 12.5. The van der Waals surface area contributed by atoms with Crippen LogP contribution in [0.25, 0.3) is 0 Å². The molecule has 0 spiro atoms. The van der Waals surface area contributed by atoms with Crippen LogP contribution in [0.4, 0.5) is 11.6 Å². The molecule has 0 saturated heterocycles. The molecule has 2 heterocycles. The highest BCUT2D eigenvalue weighted by atomic mass is 16.6. The molecule has 0 aliphatic carbocycles. The summed E-state index contributed by atoms with van der Waals surface area (Å²) in [6.45, 7) is 2.46. The summed E-state index contributed by atoms with van der Waals surface area (Å²) in [4.78, 5) is 27.1. The maximum Gasteiger partial charge on any atom is 0.311 e. The fourth-order valence-electron chi connectivity index (χ4n) is 2.98. The zero-order valence-corrected chi connectivity index (χ0v) is 17.1. The zero-order chi connectivity index (χ0) is 22.5. The lowest BCUT2D eigenvalue weighted by molar-refractivity contribution is -0.386. The van der Waals surface area contributed by atoms with Crippen LogP contribution in [0.15, 0.2) is 67.1 Å². The Kier molecular flexibility index (Phi) is 5.88. The van der Waals surface area contributed by atoms with Gasteiger partial charge >= 0.3 is 5.69 Å². The largest absolute Gasteiger partial charge is 0.464 e. The van der Waals surface area contributed by atoms with Crippen LogP contribution in [0.2, 0.25) is 0 Å². The lowest BCUT2D eigenvalue weighted by Gasteiger charge is -2.06. The smallest absolute Gasteiger partial charge is 0.311 e. The summed E-state index contributed by atoms with van der Waals surface area (Å²) in [7, 11) is 0. The average molecular weight is 433 g/mol. The number of hydrogen-bond acceptors (Lipinski definition) is 7. The second-order valence-electron chi connectivity index (χ2n) is 6.89. The van der Waals surface area contributed by atoms with Crippen molar-refractivity contribution in [3.8, 4) is 5.75 Å². The molecule has 0 unspecified atom stereocenters. The molecule has 162 valence electrons. The third-order valence-electron chi connectivity index (χ3n) is 4.64.